The Morgan fingerprint density at radius 3 is 2.41 bits per heavy atom. The van der Waals surface area contributed by atoms with Crippen molar-refractivity contribution < 1.29 is 19.3 Å². The predicted octanol–water partition coefficient (Wildman–Crippen LogP) is 4.96. The molecule has 1 unspecified atom stereocenters. The second-order valence-corrected chi connectivity index (χ2v) is 6.04. The Morgan fingerprint density at radius 2 is 1.77 bits per heavy atom. The summed E-state index contributed by atoms with van der Waals surface area (Å²) in [5.74, 6) is 0. The smallest absolute Gasteiger partial charge is 0.191 e. The topological polar surface area (TPSA) is 49.8 Å². The van der Waals surface area contributed by atoms with E-state index >= 15 is 0 Å². The molecule has 1 aromatic rings. The maximum Gasteiger partial charge on any atom is 0.191 e. The summed E-state index contributed by atoms with van der Waals surface area (Å²) in [5, 5.41) is 8.69. The number of hydrogen-bond acceptors (Lipinski definition) is 7. The standard InChI is InChI=1S/C15H25NO4S2/c1-2-3-4-5-6-7-9-12-15(21,17-18-19-20-22)14-11-8-10-13-16-14/h8,10-11,13,21-22H,2-7,9,12H2,1H3. The van der Waals surface area contributed by atoms with Crippen LogP contribution < -0.4 is 0 Å². The summed E-state index contributed by atoms with van der Waals surface area (Å²) in [6.07, 6.45) is 10.8. The summed E-state index contributed by atoms with van der Waals surface area (Å²) in [5.41, 5.74) is 0.659. The van der Waals surface area contributed by atoms with Crippen LogP contribution in [-0.2, 0) is 24.2 Å². The van der Waals surface area contributed by atoms with Crippen molar-refractivity contribution >= 4 is 25.5 Å². The predicted molar refractivity (Wildman–Crippen MR) is 90.8 cm³/mol. The fraction of sp³-hybridized carbons (Fsp3) is 0.667. The highest BCUT2D eigenvalue weighted by molar-refractivity contribution is 7.81. The van der Waals surface area contributed by atoms with E-state index in [1.807, 2.05) is 18.2 Å². The maximum atomic E-state index is 5.21. The van der Waals surface area contributed by atoms with Gasteiger partial charge >= 0.3 is 0 Å². The van der Waals surface area contributed by atoms with E-state index in [9.17, 15) is 0 Å². The third kappa shape index (κ3) is 7.80. The lowest BCUT2D eigenvalue weighted by atomic mass is 10.0. The lowest BCUT2D eigenvalue weighted by Gasteiger charge is -2.25. The molecule has 5 nitrogen and oxygen atoms in total. The second kappa shape index (κ2) is 12.2. The number of hydrogen-bond donors (Lipinski definition) is 2. The van der Waals surface area contributed by atoms with Gasteiger partial charge < -0.3 is 0 Å². The van der Waals surface area contributed by atoms with Crippen molar-refractivity contribution in [3.8, 4) is 0 Å². The van der Waals surface area contributed by atoms with E-state index in [0.717, 1.165) is 12.8 Å². The highest BCUT2D eigenvalue weighted by Gasteiger charge is 2.32. The molecule has 0 aliphatic carbocycles. The van der Waals surface area contributed by atoms with Crippen molar-refractivity contribution in [2.24, 2.45) is 0 Å². The fourth-order valence-corrected chi connectivity index (χ4v) is 2.56. The minimum Gasteiger partial charge on any atom is -0.257 e. The molecule has 0 aromatic carbocycles. The van der Waals surface area contributed by atoms with Crippen LogP contribution in [-0.4, -0.2) is 4.98 Å². The zero-order valence-electron chi connectivity index (χ0n) is 12.9. The molecule has 0 radical (unpaired) electrons. The van der Waals surface area contributed by atoms with E-state index in [-0.39, 0.29) is 0 Å². The Labute approximate surface area is 143 Å². The number of nitrogens with zero attached hydrogens (tertiary/aromatic N) is 1. The third-order valence-electron chi connectivity index (χ3n) is 3.41. The molecule has 0 saturated heterocycles. The van der Waals surface area contributed by atoms with Gasteiger partial charge in [0, 0.05) is 19.1 Å². The maximum absolute atomic E-state index is 5.21. The minimum atomic E-state index is -0.989. The fourth-order valence-electron chi connectivity index (χ4n) is 2.21. The Kier molecular flexibility index (Phi) is 10.9. The molecule has 0 amide bonds. The summed E-state index contributed by atoms with van der Waals surface area (Å²) in [6, 6.07) is 5.54. The van der Waals surface area contributed by atoms with Gasteiger partial charge in [-0.25, -0.2) is 0 Å². The molecule has 1 rings (SSSR count). The van der Waals surface area contributed by atoms with E-state index in [1.54, 1.807) is 6.20 Å². The van der Waals surface area contributed by atoms with Crippen molar-refractivity contribution in [3.05, 3.63) is 30.1 Å². The van der Waals surface area contributed by atoms with Crippen LogP contribution in [0.2, 0.25) is 0 Å². The van der Waals surface area contributed by atoms with Crippen molar-refractivity contribution in [1.82, 2.24) is 4.98 Å². The van der Waals surface area contributed by atoms with Gasteiger partial charge in [0.1, 0.15) is 0 Å². The van der Waals surface area contributed by atoms with Crippen LogP contribution in [0.25, 0.3) is 0 Å². The quantitative estimate of drug-likeness (QED) is 0.132. The molecule has 0 bridgehead atoms. The molecule has 1 aromatic heterocycles. The molecule has 0 fully saturated rings. The zero-order chi connectivity index (χ0) is 16.1. The normalized spacial score (nSPS) is 14.0. The van der Waals surface area contributed by atoms with E-state index < -0.39 is 4.93 Å². The van der Waals surface area contributed by atoms with Crippen LogP contribution in [0.1, 0.15) is 64.0 Å². The van der Waals surface area contributed by atoms with Crippen LogP contribution in [0, 0.1) is 0 Å². The Hall–Kier alpha value is -0.310. The first-order valence-electron chi connectivity index (χ1n) is 7.69. The molecular weight excluding hydrogens is 322 g/mol. The average Bonchev–Trinajstić information content (AvgIpc) is 2.55. The van der Waals surface area contributed by atoms with Crippen LogP contribution in [0.15, 0.2) is 24.4 Å². The van der Waals surface area contributed by atoms with Crippen LogP contribution in [0.5, 0.6) is 0 Å². The highest BCUT2D eigenvalue weighted by atomic mass is 32.1. The summed E-state index contributed by atoms with van der Waals surface area (Å²) in [7, 11) is 0. The van der Waals surface area contributed by atoms with Gasteiger partial charge in [0.25, 0.3) is 0 Å². The van der Waals surface area contributed by atoms with E-state index in [2.05, 4.69) is 51.9 Å². The molecule has 1 atom stereocenters. The number of thiol groups is 2. The monoisotopic (exact) mass is 347 g/mol. The van der Waals surface area contributed by atoms with Crippen LogP contribution in [0.4, 0.5) is 0 Å². The van der Waals surface area contributed by atoms with Gasteiger partial charge in [-0.3, -0.25) is 4.98 Å². The Morgan fingerprint density at radius 1 is 1.05 bits per heavy atom. The Balaban J connectivity index is 2.42. The molecule has 0 aliphatic rings. The lowest BCUT2D eigenvalue weighted by Crippen LogP contribution is -2.24. The average molecular weight is 348 g/mol. The first kappa shape index (κ1) is 19.7. The molecule has 0 saturated carbocycles. The molecule has 0 N–H and O–H groups in total. The number of rotatable bonds is 13. The molecule has 1 heterocycles. The van der Waals surface area contributed by atoms with Gasteiger partial charge in [0.15, 0.2) is 4.93 Å². The van der Waals surface area contributed by atoms with Gasteiger partial charge in [0.2, 0.25) is 0 Å². The first-order valence-corrected chi connectivity index (χ1v) is 8.50. The summed E-state index contributed by atoms with van der Waals surface area (Å²) < 4.78 is 4.05. The molecule has 22 heavy (non-hydrogen) atoms. The summed E-state index contributed by atoms with van der Waals surface area (Å²) >= 11 is 7.97. The zero-order valence-corrected chi connectivity index (χ0v) is 14.7. The van der Waals surface area contributed by atoms with Gasteiger partial charge in [-0.05, 0) is 35.1 Å². The summed E-state index contributed by atoms with van der Waals surface area (Å²) in [4.78, 5) is 8.49. The van der Waals surface area contributed by atoms with Crippen LogP contribution in [0.3, 0.4) is 0 Å². The van der Waals surface area contributed by atoms with Crippen LogP contribution >= 0.6 is 25.5 Å². The number of pyridine rings is 1. The molecule has 0 spiro atoms. The van der Waals surface area contributed by atoms with Gasteiger partial charge in [-0.1, -0.05) is 51.5 Å². The third-order valence-corrected chi connectivity index (χ3v) is 4.00. The summed E-state index contributed by atoms with van der Waals surface area (Å²) in [6.45, 7) is 2.22. The van der Waals surface area contributed by atoms with Crippen molar-refractivity contribution in [3.63, 3.8) is 0 Å². The Bertz CT molecular complexity index is 383. The number of aromatic nitrogens is 1. The second-order valence-electron chi connectivity index (χ2n) is 5.16. The number of unbranched alkanes of at least 4 members (excludes halogenated alkanes) is 6. The van der Waals surface area contributed by atoms with Crippen molar-refractivity contribution in [2.45, 2.75) is 63.2 Å². The highest BCUT2D eigenvalue weighted by Crippen LogP contribution is 2.34. The molecular formula is C15H25NO4S2. The molecule has 126 valence electrons. The minimum absolute atomic E-state index is 0.650. The lowest BCUT2D eigenvalue weighted by molar-refractivity contribution is -0.619. The van der Waals surface area contributed by atoms with E-state index in [4.69, 9.17) is 4.89 Å². The van der Waals surface area contributed by atoms with Crippen molar-refractivity contribution in [2.75, 3.05) is 0 Å². The SMILES string of the molecule is CCCCCCCCCC(S)(OOOOS)c1ccccn1. The van der Waals surface area contributed by atoms with Gasteiger partial charge in [-0.2, -0.15) is 4.89 Å². The van der Waals surface area contributed by atoms with Gasteiger partial charge in [0.05, 0.1) is 5.69 Å². The van der Waals surface area contributed by atoms with Gasteiger partial charge in [-0.15, -0.1) is 17.0 Å². The largest absolute Gasteiger partial charge is 0.257 e. The molecule has 0 aliphatic heterocycles. The van der Waals surface area contributed by atoms with E-state index in [0.29, 0.717) is 12.1 Å². The van der Waals surface area contributed by atoms with Crippen molar-refractivity contribution in [1.29, 1.82) is 0 Å². The van der Waals surface area contributed by atoms with E-state index in [1.165, 1.54) is 32.1 Å². The molecule has 7 heteroatoms. The first-order chi connectivity index (χ1) is 10.7.